The Morgan fingerprint density at radius 2 is 2.40 bits per heavy atom. The molecule has 1 aromatic rings. The van der Waals surface area contributed by atoms with Gasteiger partial charge in [-0.3, -0.25) is 0 Å². The Morgan fingerprint density at radius 1 is 1.60 bits per heavy atom. The molecule has 0 bridgehead atoms. The molecule has 1 rings (SSSR count). The highest BCUT2D eigenvalue weighted by Crippen LogP contribution is 2.16. The Kier molecular flexibility index (Phi) is 5.86. The Labute approximate surface area is 95.3 Å². The van der Waals surface area contributed by atoms with Gasteiger partial charge in [0.05, 0.1) is 0 Å². The van der Waals surface area contributed by atoms with Gasteiger partial charge in [-0.15, -0.1) is 0 Å². The van der Waals surface area contributed by atoms with Crippen LogP contribution >= 0.6 is 11.3 Å². The predicted octanol–water partition coefficient (Wildman–Crippen LogP) is 1.50. The van der Waals surface area contributed by atoms with Crippen LogP contribution in [0.2, 0.25) is 0 Å². The van der Waals surface area contributed by atoms with Crippen molar-refractivity contribution in [2.45, 2.75) is 31.8 Å². The minimum Gasteiger partial charge on any atom is -0.396 e. The predicted molar refractivity (Wildman–Crippen MR) is 65.0 cm³/mol. The van der Waals surface area contributed by atoms with Crippen LogP contribution < -0.4 is 11.1 Å². The lowest BCUT2D eigenvalue weighted by atomic mass is 10.1. The molecule has 1 heterocycles. The fourth-order valence-electron chi connectivity index (χ4n) is 1.60. The van der Waals surface area contributed by atoms with Crippen molar-refractivity contribution in [3.05, 3.63) is 22.4 Å². The maximum atomic E-state index is 8.74. The van der Waals surface area contributed by atoms with Gasteiger partial charge in [-0.05, 0) is 42.2 Å². The first kappa shape index (κ1) is 12.6. The molecule has 0 radical (unpaired) electrons. The number of aliphatic hydroxyl groups is 1. The lowest BCUT2D eigenvalue weighted by molar-refractivity contribution is 0.274. The highest BCUT2D eigenvalue weighted by atomic mass is 32.1. The minimum atomic E-state index is 0.241. The van der Waals surface area contributed by atoms with E-state index >= 15 is 0 Å². The van der Waals surface area contributed by atoms with Crippen molar-refractivity contribution in [3.63, 3.8) is 0 Å². The average Bonchev–Trinajstić information content (AvgIpc) is 2.76. The lowest BCUT2D eigenvalue weighted by Crippen LogP contribution is -2.34. The van der Waals surface area contributed by atoms with E-state index in [1.54, 1.807) is 11.3 Å². The van der Waals surface area contributed by atoms with Crippen LogP contribution in [0.5, 0.6) is 0 Å². The van der Waals surface area contributed by atoms with Gasteiger partial charge in [-0.25, -0.2) is 0 Å². The summed E-state index contributed by atoms with van der Waals surface area (Å²) in [7, 11) is 0. The molecular formula is C11H20N2OS. The number of nitrogens with two attached hydrogens (primary N) is 1. The molecule has 0 aliphatic heterocycles. The summed E-state index contributed by atoms with van der Waals surface area (Å²) in [5.74, 6) is 0. The summed E-state index contributed by atoms with van der Waals surface area (Å²) in [5, 5.41) is 16.4. The van der Waals surface area contributed by atoms with Gasteiger partial charge in [0, 0.05) is 25.2 Å². The van der Waals surface area contributed by atoms with Gasteiger partial charge in [0.1, 0.15) is 0 Å². The van der Waals surface area contributed by atoms with E-state index in [-0.39, 0.29) is 12.6 Å². The molecule has 3 nitrogen and oxygen atoms in total. The molecule has 0 amide bonds. The summed E-state index contributed by atoms with van der Waals surface area (Å²) in [6.45, 7) is 3.00. The molecule has 2 atom stereocenters. The summed E-state index contributed by atoms with van der Waals surface area (Å²) in [4.78, 5) is 0. The maximum Gasteiger partial charge on any atom is 0.0454 e. The van der Waals surface area contributed by atoms with Crippen LogP contribution in [0, 0.1) is 0 Å². The quantitative estimate of drug-likeness (QED) is 0.663. The number of hydrogen-bond acceptors (Lipinski definition) is 4. The third kappa shape index (κ3) is 4.30. The van der Waals surface area contributed by atoms with Crippen molar-refractivity contribution in [2.24, 2.45) is 5.73 Å². The zero-order valence-corrected chi connectivity index (χ0v) is 9.96. The van der Waals surface area contributed by atoms with Crippen molar-refractivity contribution in [2.75, 3.05) is 13.2 Å². The molecule has 4 heteroatoms. The second kappa shape index (κ2) is 6.95. The summed E-state index contributed by atoms with van der Waals surface area (Å²) in [6.07, 6.45) is 1.83. The van der Waals surface area contributed by atoms with Crippen LogP contribution in [0.4, 0.5) is 0 Å². The molecule has 86 valence electrons. The van der Waals surface area contributed by atoms with Crippen LogP contribution in [-0.2, 0) is 0 Å². The second-order valence-electron chi connectivity index (χ2n) is 3.78. The van der Waals surface area contributed by atoms with Gasteiger partial charge in [-0.2, -0.15) is 11.3 Å². The van der Waals surface area contributed by atoms with E-state index in [1.165, 1.54) is 5.56 Å². The Morgan fingerprint density at radius 3 is 2.93 bits per heavy atom. The molecule has 15 heavy (non-hydrogen) atoms. The molecule has 0 fully saturated rings. The molecule has 1 aromatic heterocycles. The van der Waals surface area contributed by atoms with Gasteiger partial charge < -0.3 is 16.2 Å². The number of nitrogens with one attached hydrogen (secondary N) is 1. The normalized spacial score (nSPS) is 15.1. The van der Waals surface area contributed by atoms with E-state index in [0.717, 1.165) is 12.8 Å². The van der Waals surface area contributed by atoms with E-state index in [0.29, 0.717) is 12.6 Å². The first-order valence-corrected chi connectivity index (χ1v) is 6.31. The standard InChI is InChI=1S/C11H20N2OS/c1-9(3-2-5-14)13-11(7-12)10-4-6-15-8-10/h4,6,8-9,11,13-14H,2-3,5,7,12H2,1H3. The van der Waals surface area contributed by atoms with Crippen molar-refractivity contribution >= 4 is 11.3 Å². The highest BCUT2D eigenvalue weighted by molar-refractivity contribution is 7.07. The Hall–Kier alpha value is -0.420. The maximum absolute atomic E-state index is 8.74. The fraction of sp³-hybridized carbons (Fsp3) is 0.636. The number of hydrogen-bond donors (Lipinski definition) is 3. The second-order valence-corrected chi connectivity index (χ2v) is 4.56. The van der Waals surface area contributed by atoms with Gasteiger partial charge >= 0.3 is 0 Å². The van der Waals surface area contributed by atoms with Crippen molar-refractivity contribution in [3.8, 4) is 0 Å². The first-order valence-electron chi connectivity index (χ1n) is 5.37. The molecule has 4 N–H and O–H groups in total. The van der Waals surface area contributed by atoms with Crippen molar-refractivity contribution in [1.82, 2.24) is 5.32 Å². The SMILES string of the molecule is CC(CCCO)NC(CN)c1ccsc1. The largest absolute Gasteiger partial charge is 0.396 e. The van der Waals surface area contributed by atoms with E-state index in [4.69, 9.17) is 10.8 Å². The molecule has 2 unspecified atom stereocenters. The summed E-state index contributed by atoms with van der Waals surface area (Å²) in [6, 6.07) is 2.74. The third-order valence-electron chi connectivity index (χ3n) is 2.46. The lowest BCUT2D eigenvalue weighted by Gasteiger charge is -2.21. The van der Waals surface area contributed by atoms with Crippen LogP contribution in [-0.4, -0.2) is 24.3 Å². The van der Waals surface area contributed by atoms with Crippen LogP contribution in [0.3, 0.4) is 0 Å². The third-order valence-corrected chi connectivity index (χ3v) is 3.16. The molecule has 0 spiro atoms. The zero-order valence-electron chi connectivity index (χ0n) is 9.15. The molecule has 0 saturated heterocycles. The molecule has 0 saturated carbocycles. The van der Waals surface area contributed by atoms with E-state index < -0.39 is 0 Å². The monoisotopic (exact) mass is 228 g/mol. The minimum absolute atomic E-state index is 0.241. The van der Waals surface area contributed by atoms with E-state index in [9.17, 15) is 0 Å². The van der Waals surface area contributed by atoms with Crippen molar-refractivity contribution < 1.29 is 5.11 Å². The highest BCUT2D eigenvalue weighted by Gasteiger charge is 2.12. The average molecular weight is 228 g/mol. The molecular weight excluding hydrogens is 208 g/mol. The fourth-order valence-corrected chi connectivity index (χ4v) is 2.31. The number of thiophene rings is 1. The van der Waals surface area contributed by atoms with Crippen LogP contribution in [0.1, 0.15) is 31.4 Å². The summed E-state index contributed by atoms with van der Waals surface area (Å²) in [5.41, 5.74) is 7.00. The molecule has 0 aliphatic carbocycles. The van der Waals surface area contributed by atoms with Gasteiger partial charge in [0.2, 0.25) is 0 Å². The smallest absolute Gasteiger partial charge is 0.0454 e. The van der Waals surface area contributed by atoms with E-state index in [1.807, 2.05) is 0 Å². The topological polar surface area (TPSA) is 58.3 Å². The van der Waals surface area contributed by atoms with Gasteiger partial charge in [0.15, 0.2) is 0 Å². The van der Waals surface area contributed by atoms with Gasteiger partial charge in [0.25, 0.3) is 0 Å². The Balaban J connectivity index is 2.40. The van der Waals surface area contributed by atoms with Gasteiger partial charge in [-0.1, -0.05) is 0 Å². The molecule has 0 aromatic carbocycles. The number of aliphatic hydroxyl groups excluding tert-OH is 1. The Bertz CT molecular complexity index is 251. The number of rotatable bonds is 7. The van der Waals surface area contributed by atoms with Crippen LogP contribution in [0.25, 0.3) is 0 Å². The summed E-state index contributed by atoms with van der Waals surface area (Å²) < 4.78 is 0. The summed E-state index contributed by atoms with van der Waals surface area (Å²) >= 11 is 1.69. The van der Waals surface area contributed by atoms with E-state index in [2.05, 4.69) is 29.1 Å². The van der Waals surface area contributed by atoms with Crippen molar-refractivity contribution in [1.29, 1.82) is 0 Å². The first-order chi connectivity index (χ1) is 7.27. The van der Waals surface area contributed by atoms with Crippen LogP contribution in [0.15, 0.2) is 16.8 Å². The zero-order chi connectivity index (χ0) is 11.1. The molecule has 0 aliphatic rings.